The maximum atomic E-state index is 12.4. The molecule has 1 aromatic rings. The number of rotatable bonds is 4. The third-order valence-corrected chi connectivity index (χ3v) is 5.10. The second-order valence-electron chi connectivity index (χ2n) is 7.45. The lowest BCUT2D eigenvalue weighted by molar-refractivity contribution is -0.124. The molecule has 5 heteroatoms. The quantitative estimate of drug-likeness (QED) is 0.853. The van der Waals surface area contributed by atoms with Crippen molar-refractivity contribution in [3.05, 3.63) is 35.4 Å². The molecule has 1 atom stereocenters. The molecule has 1 aromatic carbocycles. The van der Waals surface area contributed by atoms with Crippen LogP contribution in [0.25, 0.3) is 0 Å². The van der Waals surface area contributed by atoms with Crippen LogP contribution >= 0.6 is 0 Å². The first kappa shape index (κ1) is 17.0. The number of carbonyl (C=O) groups is 1. The molecular formula is C19H27N3O2. The van der Waals surface area contributed by atoms with Gasteiger partial charge in [-0.3, -0.25) is 9.69 Å². The van der Waals surface area contributed by atoms with Crippen molar-refractivity contribution in [1.29, 1.82) is 0 Å². The predicted molar refractivity (Wildman–Crippen MR) is 94.8 cm³/mol. The van der Waals surface area contributed by atoms with E-state index in [0.29, 0.717) is 12.1 Å². The monoisotopic (exact) mass is 329 g/mol. The molecule has 2 aliphatic rings. The topological polar surface area (TPSA) is 45.1 Å². The minimum atomic E-state index is -0.312. The Labute approximate surface area is 144 Å². The molecule has 1 spiro atoms. The molecule has 2 heterocycles. The fourth-order valence-electron chi connectivity index (χ4n) is 3.31. The van der Waals surface area contributed by atoms with E-state index in [2.05, 4.69) is 41.2 Å². The van der Waals surface area contributed by atoms with E-state index in [4.69, 9.17) is 4.84 Å². The van der Waals surface area contributed by atoms with Gasteiger partial charge in [0.25, 0.3) is 5.91 Å². The van der Waals surface area contributed by atoms with Gasteiger partial charge >= 0.3 is 0 Å². The zero-order chi connectivity index (χ0) is 17.3. The van der Waals surface area contributed by atoms with E-state index in [1.165, 1.54) is 11.1 Å². The summed E-state index contributed by atoms with van der Waals surface area (Å²) in [5, 5.41) is 4.13. The smallest absolute Gasteiger partial charge is 0.271 e. The molecule has 1 unspecified atom stereocenters. The Morgan fingerprint density at radius 3 is 2.75 bits per heavy atom. The molecule has 3 rings (SSSR count). The van der Waals surface area contributed by atoms with Gasteiger partial charge in [0.1, 0.15) is 5.71 Å². The van der Waals surface area contributed by atoms with E-state index in [0.717, 1.165) is 26.1 Å². The first-order chi connectivity index (χ1) is 11.4. The third-order valence-electron chi connectivity index (χ3n) is 5.10. The van der Waals surface area contributed by atoms with Gasteiger partial charge in [-0.15, -0.1) is 0 Å². The first-order valence-electron chi connectivity index (χ1n) is 8.69. The van der Waals surface area contributed by atoms with Crippen LogP contribution in [-0.4, -0.2) is 53.2 Å². The number of aryl methyl sites for hydroxylation is 1. The highest BCUT2D eigenvalue weighted by molar-refractivity contribution is 6.39. The largest absolute Gasteiger partial charge is 0.387 e. The minimum Gasteiger partial charge on any atom is -0.387 e. The van der Waals surface area contributed by atoms with E-state index in [1.807, 2.05) is 20.9 Å². The van der Waals surface area contributed by atoms with Gasteiger partial charge in [0.15, 0.2) is 5.60 Å². The van der Waals surface area contributed by atoms with Crippen molar-refractivity contribution < 1.29 is 9.63 Å². The van der Waals surface area contributed by atoms with Crippen molar-refractivity contribution in [3.63, 3.8) is 0 Å². The predicted octanol–water partition coefficient (Wildman–Crippen LogP) is 2.58. The minimum absolute atomic E-state index is 0.0149. The lowest BCUT2D eigenvalue weighted by atomic mass is 9.96. The lowest BCUT2D eigenvalue weighted by Gasteiger charge is -2.23. The first-order valence-corrected chi connectivity index (χ1v) is 8.69. The Morgan fingerprint density at radius 1 is 1.38 bits per heavy atom. The molecule has 2 aliphatic heterocycles. The van der Waals surface area contributed by atoms with Crippen LogP contribution in [0.15, 0.2) is 29.4 Å². The summed E-state index contributed by atoms with van der Waals surface area (Å²) in [7, 11) is 1.82. The Morgan fingerprint density at radius 2 is 2.08 bits per heavy atom. The van der Waals surface area contributed by atoms with E-state index < -0.39 is 0 Å². The molecule has 1 amide bonds. The molecule has 0 aromatic heterocycles. The number of carbonyl (C=O) groups excluding carboxylic acids is 1. The van der Waals surface area contributed by atoms with Gasteiger partial charge in [-0.2, -0.15) is 0 Å². The van der Waals surface area contributed by atoms with Gasteiger partial charge in [-0.25, -0.2) is 0 Å². The molecule has 0 radical (unpaired) electrons. The second-order valence-corrected chi connectivity index (χ2v) is 7.45. The van der Waals surface area contributed by atoms with E-state index in [-0.39, 0.29) is 17.6 Å². The normalized spacial score (nSPS) is 23.6. The summed E-state index contributed by atoms with van der Waals surface area (Å²) in [4.78, 5) is 22.3. The molecule has 130 valence electrons. The number of amides is 1. The summed E-state index contributed by atoms with van der Waals surface area (Å²) in [6, 6.07) is 8.82. The molecule has 0 bridgehead atoms. The number of hydrogen-bond donors (Lipinski definition) is 0. The SMILES string of the molecule is Cc1ccc(CN2CCC3(CC(C(=O)N(C)C(C)C)=NO3)C2)cc1. The number of oxime groups is 1. The van der Waals surface area contributed by atoms with Crippen LogP contribution < -0.4 is 0 Å². The maximum Gasteiger partial charge on any atom is 0.271 e. The van der Waals surface area contributed by atoms with Crippen LogP contribution in [0, 0.1) is 6.92 Å². The summed E-state index contributed by atoms with van der Waals surface area (Å²) in [6.07, 6.45) is 1.54. The Kier molecular flexibility index (Phi) is 4.63. The average Bonchev–Trinajstić information content (AvgIpc) is 3.15. The van der Waals surface area contributed by atoms with Gasteiger partial charge in [0.05, 0.1) is 0 Å². The van der Waals surface area contributed by atoms with Crippen molar-refractivity contribution in [1.82, 2.24) is 9.80 Å². The number of benzene rings is 1. The van der Waals surface area contributed by atoms with Gasteiger partial charge in [0.2, 0.25) is 0 Å². The summed E-state index contributed by atoms with van der Waals surface area (Å²) >= 11 is 0. The molecule has 0 aliphatic carbocycles. The van der Waals surface area contributed by atoms with Gasteiger partial charge in [-0.05, 0) is 26.3 Å². The fourth-order valence-corrected chi connectivity index (χ4v) is 3.31. The fraction of sp³-hybridized carbons (Fsp3) is 0.579. The third kappa shape index (κ3) is 3.46. The van der Waals surface area contributed by atoms with Gasteiger partial charge in [0, 0.05) is 45.6 Å². The van der Waals surface area contributed by atoms with Gasteiger partial charge < -0.3 is 9.74 Å². The van der Waals surface area contributed by atoms with Crippen molar-refractivity contribution in [2.75, 3.05) is 20.1 Å². The average molecular weight is 329 g/mol. The van der Waals surface area contributed by atoms with Crippen LogP contribution in [-0.2, 0) is 16.2 Å². The van der Waals surface area contributed by atoms with Crippen LogP contribution in [0.1, 0.15) is 37.8 Å². The van der Waals surface area contributed by atoms with Crippen molar-refractivity contribution >= 4 is 11.6 Å². The highest BCUT2D eigenvalue weighted by atomic mass is 16.7. The lowest BCUT2D eigenvalue weighted by Crippen LogP contribution is -2.40. The van der Waals surface area contributed by atoms with Crippen molar-refractivity contribution in [2.45, 2.75) is 51.8 Å². The second kappa shape index (κ2) is 6.55. The molecular weight excluding hydrogens is 302 g/mol. The standard InChI is InChI=1S/C19H27N3O2/c1-14(2)21(4)18(23)17-11-19(24-20-17)9-10-22(13-19)12-16-7-5-15(3)6-8-16/h5-8,14H,9-13H2,1-4H3. The van der Waals surface area contributed by atoms with Crippen molar-refractivity contribution in [3.8, 4) is 0 Å². The van der Waals surface area contributed by atoms with Crippen LogP contribution in [0.3, 0.4) is 0 Å². The number of hydrogen-bond acceptors (Lipinski definition) is 4. The molecule has 0 N–H and O–H groups in total. The summed E-state index contributed by atoms with van der Waals surface area (Å²) in [6.45, 7) is 8.83. The molecule has 1 fully saturated rings. The summed E-state index contributed by atoms with van der Waals surface area (Å²) < 4.78 is 0. The van der Waals surface area contributed by atoms with E-state index in [9.17, 15) is 4.79 Å². The van der Waals surface area contributed by atoms with E-state index >= 15 is 0 Å². The van der Waals surface area contributed by atoms with E-state index in [1.54, 1.807) is 4.90 Å². The zero-order valence-electron chi connectivity index (χ0n) is 15.1. The maximum absolute atomic E-state index is 12.4. The van der Waals surface area contributed by atoms with Crippen LogP contribution in [0.5, 0.6) is 0 Å². The highest BCUT2D eigenvalue weighted by Gasteiger charge is 2.47. The number of nitrogens with zero attached hydrogens (tertiary/aromatic N) is 3. The van der Waals surface area contributed by atoms with Crippen LogP contribution in [0.4, 0.5) is 0 Å². The molecule has 24 heavy (non-hydrogen) atoms. The molecule has 5 nitrogen and oxygen atoms in total. The summed E-state index contributed by atoms with van der Waals surface area (Å²) in [5.74, 6) is -0.0149. The molecule has 0 saturated carbocycles. The summed E-state index contributed by atoms with van der Waals surface area (Å²) in [5.41, 5.74) is 2.84. The molecule has 1 saturated heterocycles. The zero-order valence-corrected chi connectivity index (χ0v) is 15.1. The number of likely N-dealkylation sites (tertiary alicyclic amines) is 1. The Balaban J connectivity index is 1.58. The highest BCUT2D eigenvalue weighted by Crippen LogP contribution is 2.34. The Hall–Kier alpha value is -1.88. The van der Waals surface area contributed by atoms with Gasteiger partial charge in [-0.1, -0.05) is 35.0 Å². The van der Waals surface area contributed by atoms with Crippen molar-refractivity contribution in [2.24, 2.45) is 5.16 Å². The Bertz CT molecular complexity index is 639. The van der Waals surface area contributed by atoms with Crippen LogP contribution in [0.2, 0.25) is 0 Å².